The summed E-state index contributed by atoms with van der Waals surface area (Å²) in [4.78, 5) is 10.2. The predicted octanol–water partition coefficient (Wildman–Crippen LogP) is 5.34. The van der Waals surface area contributed by atoms with Crippen molar-refractivity contribution in [3.63, 3.8) is 0 Å². The van der Waals surface area contributed by atoms with Crippen LogP contribution in [0.25, 0.3) is 0 Å². The van der Waals surface area contributed by atoms with E-state index in [0.29, 0.717) is 23.6 Å². The Kier molecular flexibility index (Phi) is 5.78. The standard InChI is InChI=1S/C18H14F3N3O4S/c1-10-3-4-11(2)14(7-10)27-9-16-22-23-17(28-16)29-15-6-5-12(18(19,20)21)8-13(15)24(25)26/h3-8H,9H2,1-2H3. The summed E-state index contributed by atoms with van der Waals surface area (Å²) in [6.45, 7) is 3.78. The van der Waals surface area contributed by atoms with Crippen LogP contribution in [-0.2, 0) is 12.8 Å². The predicted molar refractivity (Wildman–Crippen MR) is 96.8 cm³/mol. The zero-order chi connectivity index (χ0) is 21.2. The van der Waals surface area contributed by atoms with Crippen LogP contribution in [0.15, 0.2) is 50.9 Å². The molecule has 0 amide bonds. The van der Waals surface area contributed by atoms with Gasteiger partial charge in [0.05, 0.1) is 15.4 Å². The number of nitro benzene ring substituents is 1. The molecule has 0 saturated heterocycles. The highest BCUT2D eigenvalue weighted by atomic mass is 32.2. The Labute approximate surface area is 167 Å². The van der Waals surface area contributed by atoms with Crippen LogP contribution in [-0.4, -0.2) is 15.1 Å². The van der Waals surface area contributed by atoms with Gasteiger partial charge in [-0.2, -0.15) is 13.2 Å². The monoisotopic (exact) mass is 425 g/mol. The SMILES string of the molecule is Cc1ccc(C)c(OCc2nnc(Sc3ccc(C(F)(F)F)cc3[N+](=O)[O-])o2)c1. The van der Waals surface area contributed by atoms with E-state index in [4.69, 9.17) is 9.15 Å². The number of aromatic nitrogens is 2. The number of aryl methyl sites for hydroxylation is 2. The summed E-state index contributed by atoms with van der Waals surface area (Å²) in [7, 11) is 0. The Bertz CT molecular complexity index is 1050. The van der Waals surface area contributed by atoms with Gasteiger partial charge in [0.1, 0.15) is 5.75 Å². The van der Waals surface area contributed by atoms with Gasteiger partial charge in [0.15, 0.2) is 6.61 Å². The number of rotatable bonds is 6. The maximum atomic E-state index is 12.8. The molecule has 0 N–H and O–H groups in total. The zero-order valence-corrected chi connectivity index (χ0v) is 16.0. The van der Waals surface area contributed by atoms with E-state index in [0.717, 1.165) is 23.3 Å². The fraction of sp³-hybridized carbons (Fsp3) is 0.222. The van der Waals surface area contributed by atoms with E-state index in [2.05, 4.69) is 10.2 Å². The molecule has 0 aliphatic rings. The van der Waals surface area contributed by atoms with Crippen molar-refractivity contribution in [2.24, 2.45) is 0 Å². The van der Waals surface area contributed by atoms with Crippen molar-refractivity contribution in [1.82, 2.24) is 10.2 Å². The number of nitrogens with zero attached hydrogens (tertiary/aromatic N) is 3. The second-order valence-electron chi connectivity index (χ2n) is 6.06. The Morgan fingerprint density at radius 3 is 2.62 bits per heavy atom. The molecular formula is C18H14F3N3O4S. The number of hydrogen-bond donors (Lipinski definition) is 0. The van der Waals surface area contributed by atoms with Crippen LogP contribution in [0, 0.1) is 24.0 Å². The van der Waals surface area contributed by atoms with Crippen molar-refractivity contribution in [2.45, 2.75) is 36.7 Å². The molecule has 0 aliphatic heterocycles. The number of ether oxygens (including phenoxy) is 1. The molecule has 0 atom stereocenters. The maximum absolute atomic E-state index is 12.8. The van der Waals surface area contributed by atoms with Gasteiger partial charge in [-0.25, -0.2) is 0 Å². The second kappa shape index (κ2) is 8.11. The lowest BCUT2D eigenvalue weighted by atomic mass is 10.1. The Morgan fingerprint density at radius 1 is 1.17 bits per heavy atom. The minimum atomic E-state index is -4.68. The van der Waals surface area contributed by atoms with Crippen molar-refractivity contribution in [3.8, 4) is 5.75 Å². The van der Waals surface area contributed by atoms with E-state index in [9.17, 15) is 23.3 Å². The molecule has 3 aromatic rings. The van der Waals surface area contributed by atoms with Crippen molar-refractivity contribution in [2.75, 3.05) is 0 Å². The first-order chi connectivity index (χ1) is 13.6. The molecule has 3 rings (SSSR count). The first-order valence-electron chi connectivity index (χ1n) is 8.19. The maximum Gasteiger partial charge on any atom is 0.416 e. The smallest absolute Gasteiger partial charge is 0.416 e. The summed E-state index contributed by atoms with van der Waals surface area (Å²) in [6.07, 6.45) is -4.68. The lowest BCUT2D eigenvalue weighted by molar-refractivity contribution is -0.388. The molecule has 1 aromatic heterocycles. The third kappa shape index (κ3) is 5.05. The highest BCUT2D eigenvalue weighted by Gasteiger charge is 2.33. The summed E-state index contributed by atoms with van der Waals surface area (Å²) in [5, 5.41) is 18.7. The van der Waals surface area contributed by atoms with E-state index < -0.39 is 22.4 Å². The summed E-state index contributed by atoms with van der Waals surface area (Å²) < 4.78 is 49.4. The average molecular weight is 425 g/mol. The lowest BCUT2D eigenvalue weighted by Gasteiger charge is -2.08. The Morgan fingerprint density at radius 2 is 1.93 bits per heavy atom. The fourth-order valence-electron chi connectivity index (χ4n) is 2.36. The molecule has 1 heterocycles. The molecule has 0 aliphatic carbocycles. The van der Waals surface area contributed by atoms with Crippen LogP contribution in [0.2, 0.25) is 0 Å². The molecule has 0 saturated carbocycles. The average Bonchev–Trinajstić information content (AvgIpc) is 3.09. The van der Waals surface area contributed by atoms with Gasteiger partial charge in [-0.3, -0.25) is 10.1 Å². The van der Waals surface area contributed by atoms with Crippen molar-refractivity contribution in [3.05, 3.63) is 69.1 Å². The summed E-state index contributed by atoms with van der Waals surface area (Å²) in [6, 6.07) is 7.94. The minimum Gasteiger partial charge on any atom is -0.484 e. The van der Waals surface area contributed by atoms with E-state index >= 15 is 0 Å². The van der Waals surface area contributed by atoms with Gasteiger partial charge in [0.2, 0.25) is 0 Å². The number of hydrogen-bond acceptors (Lipinski definition) is 7. The van der Waals surface area contributed by atoms with Crippen LogP contribution >= 0.6 is 11.8 Å². The van der Waals surface area contributed by atoms with Gasteiger partial charge in [0.25, 0.3) is 16.8 Å². The molecular weight excluding hydrogens is 411 g/mol. The van der Waals surface area contributed by atoms with Gasteiger partial charge >= 0.3 is 6.18 Å². The van der Waals surface area contributed by atoms with Gasteiger partial charge in [0, 0.05) is 6.07 Å². The molecule has 0 bridgehead atoms. The third-order valence-corrected chi connectivity index (χ3v) is 4.73. The topological polar surface area (TPSA) is 91.3 Å². The number of benzene rings is 2. The highest BCUT2D eigenvalue weighted by molar-refractivity contribution is 7.99. The van der Waals surface area contributed by atoms with Crippen molar-refractivity contribution in [1.29, 1.82) is 0 Å². The van der Waals surface area contributed by atoms with Gasteiger partial charge in [-0.15, -0.1) is 10.2 Å². The van der Waals surface area contributed by atoms with E-state index in [1.165, 1.54) is 0 Å². The van der Waals surface area contributed by atoms with Crippen LogP contribution in [0.1, 0.15) is 22.6 Å². The third-order valence-electron chi connectivity index (χ3n) is 3.82. The molecule has 0 unspecified atom stereocenters. The number of nitro groups is 1. The molecule has 0 spiro atoms. The van der Waals surface area contributed by atoms with Crippen LogP contribution in [0.5, 0.6) is 5.75 Å². The first-order valence-corrected chi connectivity index (χ1v) is 9.01. The minimum absolute atomic E-state index is 0.0209. The van der Waals surface area contributed by atoms with Crippen LogP contribution < -0.4 is 4.74 Å². The number of halogens is 3. The second-order valence-corrected chi connectivity index (χ2v) is 7.05. The van der Waals surface area contributed by atoms with Gasteiger partial charge in [-0.05, 0) is 54.9 Å². The highest BCUT2D eigenvalue weighted by Crippen LogP contribution is 2.38. The molecule has 0 radical (unpaired) electrons. The molecule has 2 aromatic carbocycles. The molecule has 29 heavy (non-hydrogen) atoms. The Balaban J connectivity index is 1.74. The van der Waals surface area contributed by atoms with Crippen LogP contribution in [0.4, 0.5) is 18.9 Å². The van der Waals surface area contributed by atoms with Gasteiger partial charge in [-0.1, -0.05) is 12.1 Å². The number of alkyl halides is 3. The largest absolute Gasteiger partial charge is 0.484 e. The normalized spacial score (nSPS) is 11.5. The lowest BCUT2D eigenvalue weighted by Crippen LogP contribution is -2.05. The van der Waals surface area contributed by atoms with Crippen molar-refractivity contribution < 1.29 is 27.2 Å². The zero-order valence-electron chi connectivity index (χ0n) is 15.2. The quantitative estimate of drug-likeness (QED) is 0.389. The summed E-state index contributed by atoms with van der Waals surface area (Å²) in [5.41, 5.74) is 0.130. The molecule has 11 heteroatoms. The molecule has 0 fully saturated rings. The Hall–Kier alpha value is -3.08. The summed E-state index contributed by atoms with van der Waals surface area (Å²) >= 11 is 0.705. The molecule has 7 nitrogen and oxygen atoms in total. The van der Waals surface area contributed by atoms with E-state index in [-0.39, 0.29) is 22.6 Å². The van der Waals surface area contributed by atoms with E-state index in [1.54, 1.807) is 0 Å². The van der Waals surface area contributed by atoms with Crippen molar-refractivity contribution >= 4 is 17.4 Å². The van der Waals surface area contributed by atoms with E-state index in [1.807, 2.05) is 32.0 Å². The molecule has 152 valence electrons. The first kappa shape index (κ1) is 20.6. The fourth-order valence-corrected chi connectivity index (χ4v) is 3.14. The summed E-state index contributed by atoms with van der Waals surface area (Å²) in [5.74, 6) is 0.777. The van der Waals surface area contributed by atoms with Crippen LogP contribution in [0.3, 0.4) is 0 Å². The van der Waals surface area contributed by atoms with Gasteiger partial charge < -0.3 is 9.15 Å².